The summed E-state index contributed by atoms with van der Waals surface area (Å²) in [7, 11) is 0. The molecule has 1 aliphatic heterocycles. The standard InChI is InChI=1S/C21H21F2N3O2/c1-13(25-19(27)17-6-5-16(22)12-24-17)14-4-7-18-15(11-14)3-2-10-26(18)20(28)21(23)8-9-21/h4-7,11-13H,2-3,8-10H2,1H3,(H,25,27)/t13-/m1/s1. The second-order valence-corrected chi connectivity index (χ2v) is 7.47. The van der Waals surface area contributed by atoms with Gasteiger partial charge < -0.3 is 10.2 Å². The molecule has 1 aliphatic carbocycles. The maximum Gasteiger partial charge on any atom is 0.270 e. The van der Waals surface area contributed by atoms with E-state index in [-0.39, 0.29) is 11.7 Å². The lowest BCUT2D eigenvalue weighted by Crippen LogP contribution is -2.41. The average molecular weight is 385 g/mol. The van der Waals surface area contributed by atoms with E-state index in [1.54, 1.807) is 4.90 Å². The van der Waals surface area contributed by atoms with E-state index in [1.807, 2.05) is 25.1 Å². The minimum atomic E-state index is -1.68. The second-order valence-electron chi connectivity index (χ2n) is 7.47. The van der Waals surface area contributed by atoms with Gasteiger partial charge in [-0.2, -0.15) is 0 Å². The van der Waals surface area contributed by atoms with Crippen LogP contribution in [0.2, 0.25) is 0 Å². The molecule has 2 aromatic rings. The van der Waals surface area contributed by atoms with Crippen molar-refractivity contribution in [3.63, 3.8) is 0 Å². The van der Waals surface area contributed by atoms with Crippen molar-refractivity contribution in [1.82, 2.24) is 10.3 Å². The van der Waals surface area contributed by atoms with Crippen molar-refractivity contribution in [2.45, 2.75) is 44.3 Å². The highest BCUT2D eigenvalue weighted by molar-refractivity contribution is 6.02. The Morgan fingerprint density at radius 3 is 2.71 bits per heavy atom. The van der Waals surface area contributed by atoms with E-state index in [9.17, 15) is 18.4 Å². The number of nitrogens with zero attached hydrogens (tertiary/aromatic N) is 2. The van der Waals surface area contributed by atoms with E-state index < -0.39 is 23.3 Å². The van der Waals surface area contributed by atoms with E-state index in [1.165, 1.54) is 12.1 Å². The molecule has 0 bridgehead atoms. The molecule has 0 spiro atoms. The van der Waals surface area contributed by atoms with Crippen LogP contribution in [0, 0.1) is 5.82 Å². The SMILES string of the molecule is C[C@@H](NC(=O)c1ccc(F)cn1)c1ccc2c(c1)CCCN2C(=O)C1(F)CC1. The zero-order valence-corrected chi connectivity index (χ0v) is 15.5. The Labute approximate surface area is 161 Å². The zero-order chi connectivity index (χ0) is 19.9. The number of hydrogen-bond acceptors (Lipinski definition) is 3. The highest BCUT2D eigenvalue weighted by Gasteiger charge is 2.53. The molecule has 146 valence electrons. The fraction of sp³-hybridized carbons (Fsp3) is 0.381. The summed E-state index contributed by atoms with van der Waals surface area (Å²) in [5, 5.41) is 2.84. The molecule has 1 atom stereocenters. The maximum absolute atomic E-state index is 14.2. The van der Waals surface area contributed by atoms with Crippen LogP contribution in [0.25, 0.3) is 0 Å². The van der Waals surface area contributed by atoms with Gasteiger partial charge in [-0.1, -0.05) is 12.1 Å². The predicted octanol–water partition coefficient (Wildman–Crippen LogP) is 3.49. The van der Waals surface area contributed by atoms with E-state index in [0.29, 0.717) is 19.4 Å². The Balaban J connectivity index is 1.51. The second kappa shape index (κ2) is 6.96. The third-order valence-electron chi connectivity index (χ3n) is 5.35. The smallest absolute Gasteiger partial charge is 0.270 e. The van der Waals surface area contributed by atoms with Gasteiger partial charge in [0, 0.05) is 12.2 Å². The van der Waals surface area contributed by atoms with Crippen LogP contribution in [0.1, 0.15) is 53.8 Å². The quantitative estimate of drug-likeness (QED) is 0.876. The normalized spacial score (nSPS) is 18.2. The number of nitrogens with one attached hydrogen (secondary N) is 1. The summed E-state index contributed by atoms with van der Waals surface area (Å²) >= 11 is 0. The van der Waals surface area contributed by atoms with Gasteiger partial charge in [0.2, 0.25) is 0 Å². The lowest BCUT2D eigenvalue weighted by molar-refractivity contribution is -0.124. The van der Waals surface area contributed by atoms with Crippen molar-refractivity contribution in [2.24, 2.45) is 0 Å². The third kappa shape index (κ3) is 3.48. The molecule has 2 aliphatic rings. The molecule has 1 N–H and O–H groups in total. The van der Waals surface area contributed by atoms with Crippen LogP contribution < -0.4 is 10.2 Å². The summed E-state index contributed by atoms with van der Waals surface area (Å²) in [6.07, 6.45) is 3.18. The first-order valence-corrected chi connectivity index (χ1v) is 9.43. The number of hydrogen-bond donors (Lipinski definition) is 1. The molecule has 0 unspecified atom stereocenters. The summed E-state index contributed by atoms with van der Waals surface area (Å²) in [5.41, 5.74) is 1.06. The number of anilines is 1. The summed E-state index contributed by atoms with van der Waals surface area (Å²) in [6.45, 7) is 2.37. The van der Waals surface area contributed by atoms with Gasteiger partial charge in [0.15, 0.2) is 5.67 Å². The first-order chi connectivity index (χ1) is 13.4. The molecule has 1 aromatic carbocycles. The molecule has 0 saturated heterocycles. The topological polar surface area (TPSA) is 62.3 Å². The van der Waals surface area contributed by atoms with Gasteiger partial charge in [0.25, 0.3) is 11.8 Å². The summed E-state index contributed by atoms with van der Waals surface area (Å²) < 4.78 is 27.2. The van der Waals surface area contributed by atoms with E-state index >= 15 is 0 Å². The number of aromatic nitrogens is 1. The van der Waals surface area contributed by atoms with Crippen LogP contribution in [0.5, 0.6) is 0 Å². The molecule has 28 heavy (non-hydrogen) atoms. The molecule has 2 heterocycles. The molecular formula is C21H21F2N3O2. The van der Waals surface area contributed by atoms with Crippen molar-refractivity contribution in [1.29, 1.82) is 0 Å². The minimum absolute atomic E-state index is 0.139. The Bertz CT molecular complexity index is 926. The highest BCUT2D eigenvalue weighted by atomic mass is 19.1. The van der Waals surface area contributed by atoms with Crippen molar-refractivity contribution in [3.05, 3.63) is 59.2 Å². The largest absolute Gasteiger partial charge is 0.344 e. The van der Waals surface area contributed by atoms with E-state index in [0.717, 1.165) is 35.9 Å². The fourth-order valence-electron chi connectivity index (χ4n) is 3.53. The highest BCUT2D eigenvalue weighted by Crippen LogP contribution is 2.43. The molecule has 5 nitrogen and oxygen atoms in total. The number of aryl methyl sites for hydroxylation is 1. The molecule has 1 aromatic heterocycles. The number of alkyl halides is 1. The van der Waals surface area contributed by atoms with Gasteiger partial charge in [-0.3, -0.25) is 9.59 Å². The van der Waals surface area contributed by atoms with Crippen LogP contribution in [0.3, 0.4) is 0 Å². The van der Waals surface area contributed by atoms with Crippen LogP contribution in [0.4, 0.5) is 14.5 Å². The third-order valence-corrected chi connectivity index (χ3v) is 5.35. The number of rotatable bonds is 4. The van der Waals surface area contributed by atoms with E-state index in [2.05, 4.69) is 10.3 Å². The molecule has 7 heteroatoms. The van der Waals surface area contributed by atoms with Crippen LogP contribution in [0.15, 0.2) is 36.5 Å². The van der Waals surface area contributed by atoms with Crippen LogP contribution in [-0.2, 0) is 11.2 Å². The van der Waals surface area contributed by atoms with Gasteiger partial charge in [0.05, 0.1) is 12.2 Å². The number of benzene rings is 1. The van der Waals surface area contributed by atoms with Crippen LogP contribution in [-0.4, -0.2) is 29.0 Å². The first kappa shape index (κ1) is 18.5. The van der Waals surface area contributed by atoms with Crippen molar-refractivity contribution < 1.29 is 18.4 Å². The Morgan fingerprint density at radius 2 is 2.04 bits per heavy atom. The van der Waals surface area contributed by atoms with Crippen molar-refractivity contribution in [3.8, 4) is 0 Å². The fourth-order valence-corrected chi connectivity index (χ4v) is 3.53. The summed E-state index contributed by atoms with van der Waals surface area (Å²) in [5.74, 6) is -1.33. The minimum Gasteiger partial charge on any atom is -0.344 e. The number of carbonyl (C=O) groups is 2. The lowest BCUT2D eigenvalue weighted by Gasteiger charge is -2.31. The molecule has 0 radical (unpaired) electrons. The number of fused-ring (bicyclic) bond motifs is 1. The molecule has 1 saturated carbocycles. The maximum atomic E-state index is 14.2. The summed E-state index contributed by atoms with van der Waals surface area (Å²) in [4.78, 5) is 30.1. The zero-order valence-electron chi connectivity index (χ0n) is 15.5. The Hall–Kier alpha value is -2.83. The van der Waals surface area contributed by atoms with Gasteiger partial charge >= 0.3 is 0 Å². The Kier molecular flexibility index (Phi) is 4.61. The molecule has 4 rings (SSSR count). The van der Waals surface area contributed by atoms with Gasteiger partial charge in [0.1, 0.15) is 11.5 Å². The predicted molar refractivity (Wildman–Crippen MR) is 100 cm³/mol. The van der Waals surface area contributed by atoms with Crippen LogP contribution >= 0.6 is 0 Å². The van der Waals surface area contributed by atoms with Gasteiger partial charge in [-0.25, -0.2) is 13.8 Å². The molecule has 2 amide bonds. The van der Waals surface area contributed by atoms with Gasteiger partial charge in [-0.15, -0.1) is 0 Å². The number of carbonyl (C=O) groups excluding carboxylic acids is 2. The first-order valence-electron chi connectivity index (χ1n) is 9.43. The number of halogens is 2. The number of amides is 2. The monoisotopic (exact) mass is 385 g/mol. The Morgan fingerprint density at radius 1 is 1.25 bits per heavy atom. The number of pyridine rings is 1. The molecular weight excluding hydrogens is 364 g/mol. The van der Waals surface area contributed by atoms with E-state index in [4.69, 9.17) is 0 Å². The average Bonchev–Trinajstić information content (AvgIpc) is 3.45. The molecule has 1 fully saturated rings. The summed E-state index contributed by atoms with van der Waals surface area (Å²) in [6, 6.07) is 7.84. The van der Waals surface area contributed by atoms with Crippen molar-refractivity contribution >= 4 is 17.5 Å². The lowest BCUT2D eigenvalue weighted by atomic mass is 9.96. The van der Waals surface area contributed by atoms with Gasteiger partial charge in [-0.05, 0) is 61.9 Å². The van der Waals surface area contributed by atoms with Crippen molar-refractivity contribution in [2.75, 3.05) is 11.4 Å².